The van der Waals surface area contributed by atoms with Gasteiger partial charge in [-0.1, -0.05) is 51.1 Å². The molecular weight excluding hydrogens is 526 g/mol. The monoisotopic (exact) mass is 569 g/mol. The molecule has 0 radical (unpaired) electrons. The Morgan fingerprint density at radius 2 is 1.73 bits per heavy atom. The number of nitrogens with zero attached hydrogens (tertiary/aromatic N) is 1. The molecule has 218 valence electrons. The number of carbonyl (C=O) groups is 3. The first-order valence-electron chi connectivity index (χ1n) is 14.1. The smallest absolute Gasteiger partial charge is 0.329 e. The second-order valence-corrected chi connectivity index (χ2v) is 11.9. The molecule has 1 fully saturated rings. The number of Topliss-reactive ketones (excluding diaryl/α,β-unsaturated/α-hetero) is 1. The van der Waals surface area contributed by atoms with E-state index in [9.17, 15) is 14.4 Å². The number of aryl methyl sites for hydroxylation is 1. The lowest BCUT2D eigenvalue weighted by Crippen LogP contribution is -2.53. The van der Waals surface area contributed by atoms with Crippen LogP contribution in [0.4, 0.5) is 0 Å². The van der Waals surface area contributed by atoms with Crippen LogP contribution in [0.25, 0.3) is 0 Å². The zero-order chi connectivity index (χ0) is 29.4. The zero-order valence-corrected chi connectivity index (χ0v) is 25.5. The zero-order valence-electron chi connectivity index (χ0n) is 24.6. The fourth-order valence-electron chi connectivity index (χ4n) is 4.87. The first-order valence-corrected chi connectivity index (χ1v) is 14.6. The van der Waals surface area contributed by atoms with Gasteiger partial charge in [-0.15, -0.1) is 0 Å². The number of thiol groups is 1. The lowest BCUT2D eigenvalue weighted by molar-refractivity contribution is -0.164. The van der Waals surface area contributed by atoms with Crippen LogP contribution in [0.3, 0.4) is 0 Å². The molecule has 1 saturated heterocycles. The minimum Gasteiger partial charge on any atom is -0.493 e. The van der Waals surface area contributed by atoms with Crippen LogP contribution in [-0.4, -0.2) is 49.4 Å². The molecule has 2 aromatic rings. The molecule has 3 rings (SSSR count). The Labute approximate surface area is 244 Å². The summed E-state index contributed by atoms with van der Waals surface area (Å²) < 4.78 is 17.0. The van der Waals surface area contributed by atoms with Crippen LogP contribution >= 0.6 is 12.6 Å². The van der Waals surface area contributed by atoms with Crippen LogP contribution in [0.15, 0.2) is 42.5 Å². The summed E-state index contributed by atoms with van der Waals surface area (Å²) >= 11 is 4.58. The highest BCUT2D eigenvalue weighted by Crippen LogP contribution is 2.33. The van der Waals surface area contributed by atoms with E-state index < -0.39 is 35.2 Å². The van der Waals surface area contributed by atoms with Gasteiger partial charge >= 0.3 is 5.97 Å². The number of methoxy groups -OCH3 is 2. The lowest BCUT2D eigenvalue weighted by atomic mass is 9.84. The molecule has 0 spiro atoms. The normalized spacial score (nSPS) is 17.1. The average Bonchev–Trinajstić information content (AvgIpc) is 2.98. The van der Waals surface area contributed by atoms with Gasteiger partial charge in [0.25, 0.3) is 5.91 Å². The molecular formula is C32H43NO6S. The van der Waals surface area contributed by atoms with Crippen molar-refractivity contribution in [1.82, 2.24) is 4.90 Å². The molecule has 0 saturated carbocycles. The number of esters is 1. The number of piperidine rings is 1. The maximum absolute atomic E-state index is 13.7. The minimum atomic E-state index is -0.784. The van der Waals surface area contributed by atoms with Crippen molar-refractivity contribution in [3.63, 3.8) is 0 Å². The van der Waals surface area contributed by atoms with Crippen molar-refractivity contribution in [2.75, 3.05) is 20.8 Å². The van der Waals surface area contributed by atoms with Crippen molar-refractivity contribution in [2.24, 2.45) is 5.41 Å². The van der Waals surface area contributed by atoms with Crippen molar-refractivity contribution in [3.8, 4) is 11.5 Å². The molecule has 1 aliphatic heterocycles. The molecule has 1 heterocycles. The first kappa shape index (κ1) is 31.5. The van der Waals surface area contributed by atoms with E-state index in [1.807, 2.05) is 56.3 Å². The molecule has 7 nitrogen and oxygen atoms in total. The van der Waals surface area contributed by atoms with Gasteiger partial charge in [-0.05, 0) is 74.3 Å². The van der Waals surface area contributed by atoms with E-state index in [0.29, 0.717) is 43.7 Å². The van der Waals surface area contributed by atoms with Gasteiger partial charge in [0.05, 0.1) is 14.2 Å². The van der Waals surface area contributed by atoms with Crippen LogP contribution < -0.4 is 9.47 Å². The van der Waals surface area contributed by atoms with Crippen molar-refractivity contribution >= 4 is 30.3 Å². The third kappa shape index (κ3) is 7.59. The Kier molecular flexibility index (Phi) is 11.1. The van der Waals surface area contributed by atoms with E-state index in [1.54, 1.807) is 28.1 Å². The summed E-state index contributed by atoms with van der Waals surface area (Å²) in [5.74, 6) is -0.253. The van der Waals surface area contributed by atoms with Gasteiger partial charge in [0.15, 0.2) is 11.5 Å². The highest BCUT2D eigenvalue weighted by atomic mass is 32.1. The molecule has 8 heteroatoms. The predicted molar refractivity (Wildman–Crippen MR) is 159 cm³/mol. The second-order valence-electron chi connectivity index (χ2n) is 11.1. The number of hydrogen-bond donors (Lipinski definition) is 1. The average molecular weight is 570 g/mol. The SMILES string of the molecule is CCC(C)(C)C(=O)C(=O)N1CCCCC1C(=O)OC(CCc1ccc(OC)c(OC)c1)c1cccc([C@@H](C)S)c1. The molecule has 2 unspecified atom stereocenters. The van der Waals surface area contributed by atoms with E-state index in [0.717, 1.165) is 29.5 Å². The van der Waals surface area contributed by atoms with E-state index >= 15 is 0 Å². The lowest BCUT2D eigenvalue weighted by Gasteiger charge is -2.36. The van der Waals surface area contributed by atoms with Gasteiger partial charge in [0.2, 0.25) is 5.78 Å². The summed E-state index contributed by atoms with van der Waals surface area (Å²) in [4.78, 5) is 41.4. The third-order valence-corrected chi connectivity index (χ3v) is 8.19. The first-order chi connectivity index (χ1) is 19.0. The van der Waals surface area contributed by atoms with Gasteiger partial charge in [-0.25, -0.2) is 4.79 Å². The van der Waals surface area contributed by atoms with Crippen molar-refractivity contribution in [2.45, 2.75) is 83.6 Å². The number of rotatable bonds is 12. The standard InChI is InChI=1S/C32H43NO6S/c1-7-32(3,4)29(34)30(35)33-18-9-8-13-25(33)31(36)39-26(24-12-10-11-23(20-24)21(2)40)16-14-22-15-17-27(37-5)28(19-22)38-6/h10-12,15,17,19-21,25-26,40H,7-9,13-14,16,18H2,1-6H3/t21-,25?,26?/m1/s1. The molecule has 40 heavy (non-hydrogen) atoms. The number of likely N-dealkylation sites (tertiary alicyclic amines) is 1. The summed E-state index contributed by atoms with van der Waals surface area (Å²) in [5.41, 5.74) is 2.12. The number of ketones is 1. The van der Waals surface area contributed by atoms with Crippen LogP contribution in [-0.2, 0) is 25.5 Å². The molecule has 0 aliphatic carbocycles. The summed E-state index contributed by atoms with van der Waals surface area (Å²) in [6, 6.07) is 12.9. The summed E-state index contributed by atoms with van der Waals surface area (Å²) in [6.07, 6.45) is 3.15. The number of carbonyl (C=O) groups excluding carboxylic acids is 3. The van der Waals surface area contributed by atoms with Gasteiger partial charge < -0.3 is 19.1 Å². The third-order valence-electron chi connectivity index (χ3n) is 7.89. The highest BCUT2D eigenvalue weighted by molar-refractivity contribution is 7.80. The molecule has 2 aromatic carbocycles. The quantitative estimate of drug-likeness (QED) is 0.184. The van der Waals surface area contributed by atoms with Crippen LogP contribution in [0, 0.1) is 5.41 Å². The molecule has 0 bridgehead atoms. The predicted octanol–water partition coefficient (Wildman–Crippen LogP) is 6.30. The molecule has 1 amide bonds. The van der Waals surface area contributed by atoms with Crippen LogP contribution in [0.2, 0.25) is 0 Å². The molecule has 3 atom stereocenters. The van der Waals surface area contributed by atoms with E-state index in [-0.39, 0.29) is 5.25 Å². The Bertz CT molecular complexity index is 1190. The van der Waals surface area contributed by atoms with Gasteiger partial charge in [-0.2, -0.15) is 12.6 Å². The van der Waals surface area contributed by atoms with E-state index in [2.05, 4.69) is 12.6 Å². The summed E-state index contributed by atoms with van der Waals surface area (Å²) in [5, 5.41) is 0.0153. The Morgan fingerprint density at radius 3 is 2.38 bits per heavy atom. The topological polar surface area (TPSA) is 82.1 Å². The van der Waals surface area contributed by atoms with E-state index in [4.69, 9.17) is 14.2 Å². The molecule has 0 aromatic heterocycles. The maximum atomic E-state index is 13.7. The number of amides is 1. The largest absolute Gasteiger partial charge is 0.493 e. The minimum absolute atomic E-state index is 0.0153. The number of hydrogen-bond acceptors (Lipinski definition) is 7. The summed E-state index contributed by atoms with van der Waals surface area (Å²) in [6.45, 7) is 7.78. The number of ether oxygens (including phenoxy) is 3. The van der Waals surface area contributed by atoms with Crippen LogP contribution in [0.1, 0.15) is 87.8 Å². The summed E-state index contributed by atoms with van der Waals surface area (Å²) in [7, 11) is 3.19. The molecule has 0 N–H and O–H groups in total. The van der Waals surface area contributed by atoms with Crippen molar-refractivity contribution in [3.05, 3.63) is 59.2 Å². The highest BCUT2D eigenvalue weighted by Gasteiger charge is 2.41. The Morgan fingerprint density at radius 1 is 1.02 bits per heavy atom. The number of benzene rings is 2. The fourth-order valence-corrected chi connectivity index (χ4v) is 5.03. The molecule has 1 aliphatic rings. The van der Waals surface area contributed by atoms with Crippen LogP contribution in [0.5, 0.6) is 11.5 Å². The van der Waals surface area contributed by atoms with Gasteiger partial charge in [0.1, 0.15) is 12.1 Å². The fraction of sp³-hybridized carbons (Fsp3) is 0.531. The van der Waals surface area contributed by atoms with Crippen molar-refractivity contribution < 1.29 is 28.6 Å². The Balaban J connectivity index is 1.86. The van der Waals surface area contributed by atoms with Gasteiger partial charge in [-0.3, -0.25) is 9.59 Å². The van der Waals surface area contributed by atoms with Crippen molar-refractivity contribution in [1.29, 1.82) is 0 Å². The van der Waals surface area contributed by atoms with E-state index in [1.165, 1.54) is 4.90 Å². The Hall–Kier alpha value is -3.00. The maximum Gasteiger partial charge on any atom is 0.329 e. The second kappa shape index (κ2) is 14.1. The van der Waals surface area contributed by atoms with Gasteiger partial charge in [0, 0.05) is 17.2 Å².